The summed E-state index contributed by atoms with van der Waals surface area (Å²) in [6.45, 7) is 0. The van der Waals surface area contributed by atoms with Gasteiger partial charge in [-0.2, -0.15) is 11.3 Å². The highest BCUT2D eigenvalue weighted by atomic mass is 35.5. The molecule has 0 saturated carbocycles. The SMILES string of the molecule is ClCCc1cscc1CCCl. The molecule has 0 fully saturated rings. The molecule has 0 atom stereocenters. The van der Waals surface area contributed by atoms with E-state index in [1.54, 1.807) is 11.3 Å². The van der Waals surface area contributed by atoms with Crippen LogP contribution in [0.1, 0.15) is 11.1 Å². The highest BCUT2D eigenvalue weighted by Crippen LogP contribution is 2.17. The third-order valence-corrected chi connectivity index (χ3v) is 2.78. The average molecular weight is 209 g/mol. The zero-order valence-corrected chi connectivity index (χ0v) is 8.48. The van der Waals surface area contributed by atoms with Crippen molar-refractivity contribution in [2.45, 2.75) is 12.8 Å². The maximum atomic E-state index is 5.64. The minimum absolute atomic E-state index is 0.700. The Bertz CT molecular complexity index is 187. The Morgan fingerprint density at radius 1 is 1.00 bits per heavy atom. The predicted molar refractivity (Wildman–Crippen MR) is 53.2 cm³/mol. The second-order valence-corrected chi connectivity index (χ2v) is 3.80. The second kappa shape index (κ2) is 5.02. The van der Waals surface area contributed by atoms with Crippen LogP contribution in [0.4, 0.5) is 0 Å². The molecule has 0 bridgehead atoms. The number of thiophene rings is 1. The Hall–Kier alpha value is 0.280. The van der Waals surface area contributed by atoms with Crippen LogP contribution in [0.25, 0.3) is 0 Å². The van der Waals surface area contributed by atoms with Crippen LogP contribution in [0.3, 0.4) is 0 Å². The zero-order valence-electron chi connectivity index (χ0n) is 6.15. The van der Waals surface area contributed by atoms with E-state index in [0.717, 1.165) is 12.8 Å². The van der Waals surface area contributed by atoms with Crippen molar-refractivity contribution in [3.05, 3.63) is 21.9 Å². The van der Waals surface area contributed by atoms with Gasteiger partial charge in [0.05, 0.1) is 0 Å². The van der Waals surface area contributed by atoms with E-state index < -0.39 is 0 Å². The van der Waals surface area contributed by atoms with Crippen LogP contribution in [-0.4, -0.2) is 11.8 Å². The first-order valence-electron chi connectivity index (χ1n) is 3.54. The molecule has 0 saturated heterocycles. The third kappa shape index (κ3) is 2.66. The van der Waals surface area contributed by atoms with Crippen LogP contribution in [0.15, 0.2) is 10.8 Å². The molecule has 0 nitrogen and oxygen atoms in total. The molecule has 0 spiro atoms. The van der Waals surface area contributed by atoms with Gasteiger partial charge in [0, 0.05) is 11.8 Å². The van der Waals surface area contributed by atoms with E-state index in [2.05, 4.69) is 10.8 Å². The smallest absolute Gasteiger partial charge is 0.0264 e. The van der Waals surface area contributed by atoms with Crippen molar-refractivity contribution in [1.29, 1.82) is 0 Å². The van der Waals surface area contributed by atoms with E-state index in [9.17, 15) is 0 Å². The van der Waals surface area contributed by atoms with Gasteiger partial charge in [0.1, 0.15) is 0 Å². The summed E-state index contributed by atoms with van der Waals surface area (Å²) in [6.07, 6.45) is 1.94. The monoisotopic (exact) mass is 208 g/mol. The fraction of sp³-hybridized carbons (Fsp3) is 0.500. The van der Waals surface area contributed by atoms with Crippen molar-refractivity contribution in [2.24, 2.45) is 0 Å². The average Bonchev–Trinajstić information content (AvgIpc) is 2.39. The second-order valence-electron chi connectivity index (χ2n) is 2.30. The Morgan fingerprint density at radius 3 is 1.82 bits per heavy atom. The summed E-state index contributed by atoms with van der Waals surface area (Å²) < 4.78 is 0. The van der Waals surface area contributed by atoms with Crippen molar-refractivity contribution in [3.63, 3.8) is 0 Å². The summed E-state index contributed by atoms with van der Waals surface area (Å²) in [5.74, 6) is 1.40. The third-order valence-electron chi connectivity index (χ3n) is 1.56. The van der Waals surface area contributed by atoms with Crippen molar-refractivity contribution in [2.75, 3.05) is 11.8 Å². The van der Waals surface area contributed by atoms with E-state index in [-0.39, 0.29) is 0 Å². The summed E-state index contributed by atoms with van der Waals surface area (Å²) in [7, 11) is 0. The van der Waals surface area contributed by atoms with Crippen molar-refractivity contribution >= 4 is 34.5 Å². The molecule has 11 heavy (non-hydrogen) atoms. The molecule has 1 rings (SSSR count). The first-order valence-corrected chi connectivity index (χ1v) is 5.55. The highest BCUT2D eigenvalue weighted by molar-refractivity contribution is 7.08. The molecule has 0 aliphatic carbocycles. The van der Waals surface area contributed by atoms with E-state index in [1.807, 2.05) is 0 Å². The number of halogens is 2. The molecule has 1 aromatic rings. The summed E-state index contributed by atoms with van der Waals surface area (Å²) in [5.41, 5.74) is 2.73. The normalized spacial score (nSPS) is 10.4. The fourth-order valence-electron chi connectivity index (χ4n) is 0.992. The van der Waals surface area contributed by atoms with Gasteiger partial charge in [-0.1, -0.05) is 0 Å². The van der Waals surface area contributed by atoms with E-state index in [4.69, 9.17) is 23.2 Å². The van der Waals surface area contributed by atoms with Crippen molar-refractivity contribution in [1.82, 2.24) is 0 Å². The number of rotatable bonds is 4. The van der Waals surface area contributed by atoms with Gasteiger partial charge < -0.3 is 0 Å². The first-order chi connectivity index (χ1) is 5.38. The molecule has 0 unspecified atom stereocenters. The number of alkyl halides is 2. The highest BCUT2D eigenvalue weighted by Gasteiger charge is 2.01. The summed E-state index contributed by atoms with van der Waals surface area (Å²) >= 11 is 13.0. The van der Waals surface area contributed by atoms with Gasteiger partial charge in [0.25, 0.3) is 0 Å². The molecule has 62 valence electrons. The predicted octanol–water partition coefficient (Wildman–Crippen LogP) is 3.31. The van der Waals surface area contributed by atoms with Crippen LogP contribution in [-0.2, 0) is 12.8 Å². The summed E-state index contributed by atoms with van der Waals surface area (Å²) in [5, 5.41) is 4.31. The van der Waals surface area contributed by atoms with E-state index in [1.165, 1.54) is 11.1 Å². The van der Waals surface area contributed by atoms with E-state index >= 15 is 0 Å². The number of aryl methyl sites for hydroxylation is 2. The molecule has 0 aliphatic rings. The van der Waals surface area contributed by atoms with Gasteiger partial charge in [-0.05, 0) is 34.7 Å². The van der Waals surface area contributed by atoms with Crippen LogP contribution < -0.4 is 0 Å². The molecule has 0 aliphatic heterocycles. The largest absolute Gasteiger partial charge is 0.152 e. The Morgan fingerprint density at radius 2 is 1.45 bits per heavy atom. The van der Waals surface area contributed by atoms with Gasteiger partial charge in [0.2, 0.25) is 0 Å². The molecule has 0 N–H and O–H groups in total. The molecule has 3 heteroatoms. The van der Waals surface area contributed by atoms with Crippen molar-refractivity contribution < 1.29 is 0 Å². The minimum Gasteiger partial charge on any atom is -0.152 e. The van der Waals surface area contributed by atoms with Crippen LogP contribution in [0, 0.1) is 0 Å². The van der Waals surface area contributed by atoms with Crippen LogP contribution >= 0.6 is 34.5 Å². The molecule has 1 heterocycles. The van der Waals surface area contributed by atoms with Crippen LogP contribution in [0.5, 0.6) is 0 Å². The molecule has 0 aromatic carbocycles. The van der Waals surface area contributed by atoms with Crippen LogP contribution in [0.2, 0.25) is 0 Å². The maximum absolute atomic E-state index is 5.64. The molecular formula is C8H10Cl2S. The van der Waals surface area contributed by atoms with E-state index in [0.29, 0.717) is 11.8 Å². The number of hydrogen-bond donors (Lipinski definition) is 0. The lowest BCUT2D eigenvalue weighted by Crippen LogP contribution is -1.91. The minimum atomic E-state index is 0.700. The van der Waals surface area contributed by atoms with Gasteiger partial charge >= 0.3 is 0 Å². The van der Waals surface area contributed by atoms with Gasteiger partial charge in [-0.25, -0.2) is 0 Å². The van der Waals surface area contributed by atoms with Gasteiger partial charge in [0.15, 0.2) is 0 Å². The quantitative estimate of drug-likeness (QED) is 0.667. The lowest BCUT2D eigenvalue weighted by molar-refractivity contribution is 1.07. The molecule has 0 amide bonds. The topological polar surface area (TPSA) is 0 Å². The Balaban J connectivity index is 2.62. The number of hydrogen-bond acceptors (Lipinski definition) is 1. The Labute approximate surface area is 81.1 Å². The van der Waals surface area contributed by atoms with Gasteiger partial charge in [-0.3, -0.25) is 0 Å². The lowest BCUT2D eigenvalue weighted by atomic mass is 10.1. The first kappa shape index (κ1) is 9.37. The lowest BCUT2D eigenvalue weighted by Gasteiger charge is -1.97. The molecule has 0 radical (unpaired) electrons. The Kier molecular flexibility index (Phi) is 4.28. The molecule has 1 aromatic heterocycles. The zero-order chi connectivity index (χ0) is 8.10. The summed E-state index contributed by atoms with van der Waals surface area (Å²) in [4.78, 5) is 0. The molecular weight excluding hydrogens is 199 g/mol. The maximum Gasteiger partial charge on any atom is 0.0264 e. The van der Waals surface area contributed by atoms with Gasteiger partial charge in [-0.15, -0.1) is 23.2 Å². The van der Waals surface area contributed by atoms with Crippen molar-refractivity contribution in [3.8, 4) is 0 Å². The standard InChI is InChI=1S/C8H10Cl2S/c9-3-1-7-5-11-6-8(7)2-4-10/h5-6H,1-4H2. The fourth-order valence-corrected chi connectivity index (χ4v) is 2.33. The summed E-state index contributed by atoms with van der Waals surface area (Å²) in [6, 6.07) is 0.